The zero-order chi connectivity index (χ0) is 13.8. The number of hydrogen-bond acceptors (Lipinski definition) is 3. The lowest BCUT2D eigenvalue weighted by molar-refractivity contribution is -0.142. The van der Waals surface area contributed by atoms with Crippen LogP contribution >= 0.6 is 0 Å². The van der Waals surface area contributed by atoms with E-state index in [1.807, 2.05) is 0 Å². The van der Waals surface area contributed by atoms with Crippen molar-refractivity contribution in [3.8, 4) is 0 Å². The predicted molar refractivity (Wildman–Crippen MR) is 71.5 cm³/mol. The molecule has 0 aliphatic heterocycles. The molecule has 0 saturated heterocycles. The molecule has 0 aromatic carbocycles. The third kappa shape index (κ3) is 3.69. The second-order valence-electron chi connectivity index (χ2n) is 5.95. The van der Waals surface area contributed by atoms with Crippen molar-refractivity contribution in [3.63, 3.8) is 0 Å². The van der Waals surface area contributed by atoms with Crippen molar-refractivity contribution < 1.29 is 14.7 Å². The zero-order valence-electron chi connectivity index (χ0n) is 11.3. The van der Waals surface area contributed by atoms with Crippen molar-refractivity contribution in [1.82, 2.24) is 5.32 Å². The fraction of sp³-hybridized carbons (Fsp3) is 0.857. The first-order valence-corrected chi connectivity index (χ1v) is 7.36. The molecular formula is C14H24N2O3. The third-order valence-corrected chi connectivity index (χ3v) is 4.58. The first kappa shape index (κ1) is 14.3. The Labute approximate surface area is 113 Å². The molecule has 2 rings (SSSR count). The second kappa shape index (κ2) is 6.37. The van der Waals surface area contributed by atoms with E-state index in [2.05, 4.69) is 5.32 Å². The summed E-state index contributed by atoms with van der Waals surface area (Å²) in [5, 5.41) is 12.0. The molecule has 5 heteroatoms. The summed E-state index contributed by atoms with van der Waals surface area (Å²) in [6.45, 7) is 0. The number of nitrogens with two attached hydrogens (primary N) is 1. The minimum Gasteiger partial charge on any atom is -0.481 e. The van der Waals surface area contributed by atoms with Crippen molar-refractivity contribution in [1.29, 1.82) is 0 Å². The molecule has 4 N–H and O–H groups in total. The SMILES string of the molecule is NC1CCCCC1C(=O)NC1CCC(C(=O)O)CC1. The Morgan fingerprint density at radius 3 is 2.21 bits per heavy atom. The highest BCUT2D eigenvalue weighted by atomic mass is 16.4. The standard InChI is InChI=1S/C14H24N2O3/c15-12-4-2-1-3-11(12)13(17)16-10-7-5-9(6-8-10)14(18)19/h9-12H,1-8,15H2,(H,16,17)(H,18,19). The van der Waals surface area contributed by atoms with Gasteiger partial charge in [-0.2, -0.15) is 0 Å². The molecule has 2 aliphatic rings. The van der Waals surface area contributed by atoms with E-state index in [4.69, 9.17) is 10.8 Å². The molecule has 2 aliphatic carbocycles. The van der Waals surface area contributed by atoms with Gasteiger partial charge in [0.25, 0.3) is 0 Å². The van der Waals surface area contributed by atoms with Gasteiger partial charge in [0, 0.05) is 12.1 Å². The monoisotopic (exact) mass is 268 g/mol. The average Bonchev–Trinajstić information content (AvgIpc) is 2.39. The fourth-order valence-corrected chi connectivity index (χ4v) is 3.28. The highest BCUT2D eigenvalue weighted by Crippen LogP contribution is 2.26. The molecule has 2 saturated carbocycles. The Kier molecular flexibility index (Phi) is 4.80. The number of aliphatic carboxylic acids is 1. The van der Waals surface area contributed by atoms with E-state index in [1.54, 1.807) is 0 Å². The molecule has 0 aromatic heterocycles. The molecule has 0 aromatic rings. The van der Waals surface area contributed by atoms with Crippen LogP contribution in [0.2, 0.25) is 0 Å². The average molecular weight is 268 g/mol. The maximum atomic E-state index is 12.2. The van der Waals surface area contributed by atoms with Crippen molar-refractivity contribution in [2.24, 2.45) is 17.6 Å². The Morgan fingerprint density at radius 2 is 1.63 bits per heavy atom. The van der Waals surface area contributed by atoms with E-state index in [0.29, 0.717) is 12.8 Å². The number of rotatable bonds is 3. The summed E-state index contributed by atoms with van der Waals surface area (Å²) >= 11 is 0. The van der Waals surface area contributed by atoms with E-state index < -0.39 is 5.97 Å². The number of nitrogens with one attached hydrogen (secondary N) is 1. The molecule has 0 spiro atoms. The van der Waals surface area contributed by atoms with Crippen LogP contribution in [0, 0.1) is 11.8 Å². The minimum absolute atomic E-state index is 0.0101. The molecule has 1 amide bonds. The van der Waals surface area contributed by atoms with E-state index in [-0.39, 0.29) is 29.8 Å². The Hall–Kier alpha value is -1.10. The number of carbonyl (C=O) groups excluding carboxylic acids is 1. The van der Waals surface area contributed by atoms with Crippen molar-refractivity contribution in [2.75, 3.05) is 0 Å². The Morgan fingerprint density at radius 1 is 1.00 bits per heavy atom. The molecule has 2 atom stereocenters. The molecule has 5 nitrogen and oxygen atoms in total. The van der Waals surface area contributed by atoms with Crippen LogP contribution in [0.25, 0.3) is 0 Å². The first-order chi connectivity index (χ1) is 9.08. The van der Waals surface area contributed by atoms with Gasteiger partial charge in [0.05, 0.1) is 11.8 Å². The summed E-state index contributed by atoms with van der Waals surface area (Å²) < 4.78 is 0. The van der Waals surface area contributed by atoms with Crippen molar-refractivity contribution in [3.05, 3.63) is 0 Å². The zero-order valence-corrected chi connectivity index (χ0v) is 11.3. The van der Waals surface area contributed by atoms with Crippen LogP contribution in [-0.2, 0) is 9.59 Å². The first-order valence-electron chi connectivity index (χ1n) is 7.36. The van der Waals surface area contributed by atoms with Crippen molar-refractivity contribution in [2.45, 2.75) is 63.5 Å². The smallest absolute Gasteiger partial charge is 0.306 e. The highest BCUT2D eigenvalue weighted by molar-refractivity contribution is 5.79. The molecule has 2 fully saturated rings. The summed E-state index contributed by atoms with van der Waals surface area (Å²) in [7, 11) is 0. The highest BCUT2D eigenvalue weighted by Gasteiger charge is 2.31. The third-order valence-electron chi connectivity index (χ3n) is 4.58. The largest absolute Gasteiger partial charge is 0.481 e. The van der Waals surface area contributed by atoms with Gasteiger partial charge in [0.1, 0.15) is 0 Å². The van der Waals surface area contributed by atoms with Gasteiger partial charge in [-0.25, -0.2) is 0 Å². The Balaban J connectivity index is 1.78. The maximum absolute atomic E-state index is 12.2. The van der Waals surface area contributed by atoms with Gasteiger partial charge in [-0.1, -0.05) is 12.8 Å². The van der Waals surface area contributed by atoms with Gasteiger partial charge in [0.2, 0.25) is 5.91 Å². The van der Waals surface area contributed by atoms with Crippen molar-refractivity contribution >= 4 is 11.9 Å². The van der Waals surface area contributed by atoms with Crippen LogP contribution in [0.5, 0.6) is 0 Å². The van der Waals surface area contributed by atoms with Gasteiger partial charge >= 0.3 is 5.97 Å². The summed E-state index contributed by atoms with van der Waals surface area (Å²) in [4.78, 5) is 23.1. The lowest BCUT2D eigenvalue weighted by atomic mass is 9.83. The summed E-state index contributed by atoms with van der Waals surface area (Å²) in [5.41, 5.74) is 6.01. The maximum Gasteiger partial charge on any atom is 0.306 e. The van der Waals surface area contributed by atoms with E-state index >= 15 is 0 Å². The molecule has 0 bridgehead atoms. The van der Waals surface area contributed by atoms with Gasteiger partial charge in [-0.3, -0.25) is 9.59 Å². The summed E-state index contributed by atoms with van der Waals surface area (Å²) in [6, 6.07) is 0.126. The molecule has 19 heavy (non-hydrogen) atoms. The lowest BCUT2D eigenvalue weighted by Gasteiger charge is -2.31. The molecular weight excluding hydrogens is 244 g/mol. The lowest BCUT2D eigenvalue weighted by Crippen LogP contribution is -2.47. The van der Waals surface area contributed by atoms with Gasteiger partial charge in [0.15, 0.2) is 0 Å². The molecule has 108 valence electrons. The van der Waals surface area contributed by atoms with Crippen LogP contribution in [0.3, 0.4) is 0 Å². The molecule has 0 heterocycles. The topological polar surface area (TPSA) is 92.4 Å². The van der Waals surface area contributed by atoms with E-state index in [1.165, 1.54) is 0 Å². The van der Waals surface area contributed by atoms with Crippen LogP contribution in [0.4, 0.5) is 0 Å². The van der Waals surface area contributed by atoms with E-state index in [0.717, 1.165) is 38.5 Å². The fourth-order valence-electron chi connectivity index (χ4n) is 3.28. The predicted octanol–water partition coefficient (Wildman–Crippen LogP) is 1.26. The van der Waals surface area contributed by atoms with Gasteiger partial charge in [-0.15, -0.1) is 0 Å². The van der Waals surface area contributed by atoms with Gasteiger partial charge in [-0.05, 0) is 38.5 Å². The van der Waals surface area contributed by atoms with E-state index in [9.17, 15) is 9.59 Å². The number of carbonyl (C=O) groups is 2. The van der Waals surface area contributed by atoms with Crippen LogP contribution < -0.4 is 11.1 Å². The van der Waals surface area contributed by atoms with Gasteiger partial charge < -0.3 is 16.2 Å². The molecule has 0 radical (unpaired) electrons. The molecule has 2 unspecified atom stereocenters. The quantitative estimate of drug-likeness (QED) is 0.718. The summed E-state index contributed by atoms with van der Waals surface area (Å²) in [6.07, 6.45) is 6.89. The Bertz CT molecular complexity index is 338. The number of hydrogen-bond donors (Lipinski definition) is 3. The normalized spacial score (nSPS) is 35.6. The van der Waals surface area contributed by atoms with Crippen LogP contribution in [0.15, 0.2) is 0 Å². The summed E-state index contributed by atoms with van der Waals surface area (Å²) in [5.74, 6) is -0.916. The second-order valence-corrected chi connectivity index (χ2v) is 5.95. The number of amides is 1. The number of carboxylic acids is 1. The minimum atomic E-state index is -0.709. The number of carboxylic acid groups (broad SMARTS) is 1. The van der Waals surface area contributed by atoms with Crippen LogP contribution in [-0.4, -0.2) is 29.1 Å². The van der Waals surface area contributed by atoms with Crippen LogP contribution in [0.1, 0.15) is 51.4 Å².